The molecule has 120 valence electrons. The quantitative estimate of drug-likeness (QED) is 0.867. The standard InChI is InChI=1S/C19H28N2O/c1-18(2)13-21(12-10-16(18)20)17(22)19(3)11-6-8-14-7-4-5-9-15(14)19/h4-5,7,9,16H,6,8,10-13,20H2,1-3H3. The minimum absolute atomic E-state index is 0.00153. The van der Waals surface area contributed by atoms with E-state index in [-0.39, 0.29) is 16.9 Å². The lowest BCUT2D eigenvalue weighted by Crippen LogP contribution is -2.57. The van der Waals surface area contributed by atoms with E-state index in [1.165, 1.54) is 11.1 Å². The van der Waals surface area contributed by atoms with E-state index in [0.29, 0.717) is 5.91 Å². The molecule has 0 bridgehead atoms. The van der Waals surface area contributed by atoms with Crippen LogP contribution in [0.4, 0.5) is 0 Å². The van der Waals surface area contributed by atoms with Gasteiger partial charge in [-0.3, -0.25) is 4.79 Å². The number of amides is 1. The van der Waals surface area contributed by atoms with Gasteiger partial charge in [-0.15, -0.1) is 0 Å². The zero-order valence-electron chi connectivity index (χ0n) is 14.1. The second-order valence-electron chi connectivity index (χ2n) is 7.95. The maximum atomic E-state index is 13.3. The zero-order valence-corrected chi connectivity index (χ0v) is 14.1. The van der Waals surface area contributed by atoms with Crippen molar-refractivity contribution in [1.82, 2.24) is 4.90 Å². The number of fused-ring (bicyclic) bond motifs is 1. The van der Waals surface area contributed by atoms with Crippen molar-refractivity contribution in [3.05, 3.63) is 35.4 Å². The van der Waals surface area contributed by atoms with Crippen LogP contribution in [-0.4, -0.2) is 29.9 Å². The molecular weight excluding hydrogens is 272 g/mol. The van der Waals surface area contributed by atoms with Crippen molar-refractivity contribution in [3.8, 4) is 0 Å². The summed E-state index contributed by atoms with van der Waals surface area (Å²) in [4.78, 5) is 15.4. The molecule has 1 aromatic carbocycles. The highest BCUT2D eigenvalue weighted by atomic mass is 16.2. The average molecular weight is 300 g/mol. The molecule has 22 heavy (non-hydrogen) atoms. The van der Waals surface area contributed by atoms with Gasteiger partial charge in [0.1, 0.15) is 0 Å². The molecule has 2 atom stereocenters. The monoisotopic (exact) mass is 300 g/mol. The number of nitrogens with zero attached hydrogens (tertiary/aromatic N) is 1. The van der Waals surface area contributed by atoms with Crippen molar-refractivity contribution in [2.45, 2.75) is 57.9 Å². The third kappa shape index (κ3) is 2.45. The smallest absolute Gasteiger partial charge is 0.232 e. The summed E-state index contributed by atoms with van der Waals surface area (Å²) in [6.45, 7) is 8.04. The van der Waals surface area contributed by atoms with E-state index in [2.05, 4.69) is 49.9 Å². The van der Waals surface area contributed by atoms with E-state index in [4.69, 9.17) is 5.73 Å². The van der Waals surface area contributed by atoms with Crippen LogP contribution in [0.15, 0.2) is 24.3 Å². The number of carbonyl (C=O) groups is 1. The molecule has 2 unspecified atom stereocenters. The molecule has 1 saturated heterocycles. The highest BCUT2D eigenvalue weighted by Gasteiger charge is 2.44. The van der Waals surface area contributed by atoms with E-state index < -0.39 is 0 Å². The van der Waals surface area contributed by atoms with E-state index in [1.807, 2.05) is 0 Å². The van der Waals surface area contributed by atoms with E-state index in [9.17, 15) is 4.79 Å². The number of hydrogen-bond acceptors (Lipinski definition) is 2. The summed E-state index contributed by atoms with van der Waals surface area (Å²) in [6, 6.07) is 8.65. The number of aryl methyl sites for hydroxylation is 1. The van der Waals surface area contributed by atoms with Gasteiger partial charge in [-0.05, 0) is 49.1 Å². The molecule has 1 heterocycles. The molecular formula is C19H28N2O. The van der Waals surface area contributed by atoms with Crippen molar-refractivity contribution in [2.75, 3.05) is 13.1 Å². The summed E-state index contributed by atoms with van der Waals surface area (Å²) >= 11 is 0. The highest BCUT2D eigenvalue weighted by molar-refractivity contribution is 5.88. The summed E-state index contributed by atoms with van der Waals surface area (Å²) in [6.07, 6.45) is 4.04. The molecule has 0 spiro atoms. The minimum Gasteiger partial charge on any atom is -0.341 e. The maximum absolute atomic E-state index is 13.3. The first-order chi connectivity index (χ1) is 10.3. The molecule has 0 radical (unpaired) electrons. The molecule has 3 nitrogen and oxygen atoms in total. The lowest BCUT2D eigenvalue weighted by molar-refractivity contribution is -0.141. The first-order valence-electron chi connectivity index (χ1n) is 8.48. The van der Waals surface area contributed by atoms with Crippen LogP contribution >= 0.6 is 0 Å². The molecule has 1 aliphatic carbocycles. The van der Waals surface area contributed by atoms with Crippen molar-refractivity contribution < 1.29 is 4.79 Å². The van der Waals surface area contributed by atoms with Crippen molar-refractivity contribution in [2.24, 2.45) is 11.1 Å². The predicted octanol–water partition coefficient (Wildman–Crippen LogP) is 2.87. The second kappa shape index (κ2) is 5.38. The van der Waals surface area contributed by atoms with E-state index >= 15 is 0 Å². The van der Waals surface area contributed by atoms with Gasteiger partial charge in [-0.1, -0.05) is 38.1 Å². The number of hydrogen-bond donors (Lipinski definition) is 1. The SMILES string of the molecule is CC1(C(=O)N2CCC(N)C(C)(C)C2)CCCc2ccccc21. The Morgan fingerprint density at radius 1 is 1.27 bits per heavy atom. The largest absolute Gasteiger partial charge is 0.341 e. The van der Waals surface area contributed by atoms with Gasteiger partial charge in [-0.25, -0.2) is 0 Å². The Morgan fingerprint density at radius 2 is 2.00 bits per heavy atom. The van der Waals surface area contributed by atoms with Crippen LogP contribution in [0.25, 0.3) is 0 Å². The first kappa shape index (κ1) is 15.5. The maximum Gasteiger partial charge on any atom is 0.232 e. The van der Waals surface area contributed by atoms with Gasteiger partial charge >= 0.3 is 0 Å². The summed E-state index contributed by atoms with van der Waals surface area (Å²) in [5.41, 5.74) is 8.43. The van der Waals surface area contributed by atoms with Gasteiger partial charge in [-0.2, -0.15) is 0 Å². The molecule has 1 fully saturated rings. The number of nitrogens with two attached hydrogens (primary N) is 1. The minimum atomic E-state index is -0.369. The molecule has 1 amide bonds. The van der Waals surface area contributed by atoms with Crippen LogP contribution in [0.3, 0.4) is 0 Å². The number of likely N-dealkylation sites (tertiary alicyclic amines) is 1. The molecule has 1 aromatic rings. The van der Waals surface area contributed by atoms with Gasteiger partial charge in [0.05, 0.1) is 5.41 Å². The van der Waals surface area contributed by atoms with Crippen LogP contribution in [-0.2, 0) is 16.6 Å². The van der Waals surface area contributed by atoms with Gasteiger partial charge < -0.3 is 10.6 Å². The summed E-state index contributed by atoms with van der Waals surface area (Å²) in [5.74, 6) is 0.291. The first-order valence-corrected chi connectivity index (χ1v) is 8.48. The van der Waals surface area contributed by atoms with Crippen LogP contribution < -0.4 is 5.73 Å². The van der Waals surface area contributed by atoms with Gasteiger partial charge in [0, 0.05) is 19.1 Å². The van der Waals surface area contributed by atoms with Gasteiger partial charge in [0.15, 0.2) is 0 Å². The normalized spacial score (nSPS) is 30.7. The number of piperidine rings is 1. The Labute approximate surface area is 133 Å². The Hall–Kier alpha value is -1.35. The predicted molar refractivity (Wildman–Crippen MR) is 89.7 cm³/mol. The van der Waals surface area contributed by atoms with Crippen LogP contribution in [0.1, 0.15) is 51.2 Å². The average Bonchev–Trinajstić information content (AvgIpc) is 2.50. The molecule has 0 saturated carbocycles. The summed E-state index contributed by atoms with van der Waals surface area (Å²) in [5, 5.41) is 0. The van der Waals surface area contributed by atoms with E-state index in [0.717, 1.165) is 38.8 Å². The number of rotatable bonds is 1. The number of carbonyl (C=O) groups excluding carboxylic acids is 1. The van der Waals surface area contributed by atoms with Crippen molar-refractivity contribution >= 4 is 5.91 Å². The fourth-order valence-electron chi connectivity index (χ4n) is 4.16. The lowest BCUT2D eigenvalue weighted by Gasteiger charge is -2.46. The third-order valence-electron chi connectivity index (χ3n) is 5.81. The fourth-order valence-corrected chi connectivity index (χ4v) is 4.16. The zero-order chi connectivity index (χ0) is 16.0. The Kier molecular flexibility index (Phi) is 3.80. The lowest BCUT2D eigenvalue weighted by atomic mass is 9.69. The summed E-state index contributed by atoms with van der Waals surface area (Å²) < 4.78 is 0. The van der Waals surface area contributed by atoms with E-state index in [1.54, 1.807) is 0 Å². The van der Waals surface area contributed by atoms with Crippen LogP contribution in [0, 0.1) is 5.41 Å². The van der Waals surface area contributed by atoms with Crippen LogP contribution in [0.5, 0.6) is 0 Å². The molecule has 0 aromatic heterocycles. The van der Waals surface area contributed by atoms with Crippen LogP contribution in [0.2, 0.25) is 0 Å². The van der Waals surface area contributed by atoms with Crippen molar-refractivity contribution in [1.29, 1.82) is 0 Å². The Balaban J connectivity index is 1.89. The number of benzene rings is 1. The fraction of sp³-hybridized carbons (Fsp3) is 0.632. The van der Waals surface area contributed by atoms with Gasteiger partial charge in [0.2, 0.25) is 5.91 Å². The highest BCUT2D eigenvalue weighted by Crippen LogP contribution is 2.40. The summed E-state index contributed by atoms with van der Waals surface area (Å²) in [7, 11) is 0. The third-order valence-corrected chi connectivity index (χ3v) is 5.81. The molecule has 1 aliphatic heterocycles. The molecule has 3 heteroatoms. The Bertz CT molecular complexity index is 581. The van der Waals surface area contributed by atoms with Crippen molar-refractivity contribution in [3.63, 3.8) is 0 Å². The molecule has 3 rings (SSSR count). The second-order valence-corrected chi connectivity index (χ2v) is 7.95. The topological polar surface area (TPSA) is 46.3 Å². The molecule has 2 aliphatic rings. The molecule has 2 N–H and O–H groups in total. The van der Waals surface area contributed by atoms with Gasteiger partial charge in [0.25, 0.3) is 0 Å². The Morgan fingerprint density at radius 3 is 2.73 bits per heavy atom.